The smallest absolute Gasteiger partial charge is 0.338 e. The maximum Gasteiger partial charge on any atom is 0.338 e. The Morgan fingerprint density at radius 1 is 1.15 bits per heavy atom. The van der Waals surface area contributed by atoms with Crippen molar-refractivity contribution in [2.75, 3.05) is 11.9 Å². The minimum atomic E-state index is -0.665. The number of aryl methyl sites for hydroxylation is 1. The van der Waals surface area contributed by atoms with Gasteiger partial charge in [0.2, 0.25) is 0 Å². The summed E-state index contributed by atoms with van der Waals surface area (Å²) in [6.45, 7) is 5.77. The summed E-state index contributed by atoms with van der Waals surface area (Å²) in [5.74, 6) is -0.140. The number of halogens is 1. The zero-order valence-electron chi connectivity index (χ0n) is 15.0. The Labute approximate surface area is 158 Å². The third-order valence-electron chi connectivity index (χ3n) is 3.71. The van der Waals surface area contributed by atoms with Crippen molar-refractivity contribution < 1.29 is 19.1 Å². The zero-order chi connectivity index (χ0) is 19.1. The molecule has 0 spiro atoms. The summed E-state index contributed by atoms with van der Waals surface area (Å²) < 4.78 is 10.8. The SMILES string of the molecule is CCOC(=O)c1cccc(NC(=O)[C@@H](CC)Oc2ccc(Cl)c(C)c2)c1. The van der Waals surface area contributed by atoms with Crippen LogP contribution in [0.3, 0.4) is 0 Å². The number of esters is 1. The normalized spacial score (nSPS) is 11.5. The van der Waals surface area contributed by atoms with Crippen LogP contribution < -0.4 is 10.1 Å². The second kappa shape index (κ2) is 9.25. The van der Waals surface area contributed by atoms with Crippen molar-refractivity contribution in [1.29, 1.82) is 0 Å². The molecule has 0 heterocycles. The molecule has 2 aromatic rings. The van der Waals surface area contributed by atoms with Crippen molar-refractivity contribution >= 4 is 29.2 Å². The molecule has 0 unspecified atom stereocenters. The number of nitrogens with one attached hydrogen (secondary N) is 1. The van der Waals surface area contributed by atoms with E-state index in [0.717, 1.165) is 5.56 Å². The molecule has 6 heteroatoms. The topological polar surface area (TPSA) is 64.6 Å². The van der Waals surface area contributed by atoms with Crippen LogP contribution >= 0.6 is 11.6 Å². The average Bonchev–Trinajstić information content (AvgIpc) is 2.63. The third-order valence-corrected chi connectivity index (χ3v) is 4.14. The largest absolute Gasteiger partial charge is 0.481 e. The van der Waals surface area contributed by atoms with Crippen molar-refractivity contribution in [3.05, 3.63) is 58.6 Å². The van der Waals surface area contributed by atoms with Gasteiger partial charge in [-0.15, -0.1) is 0 Å². The third kappa shape index (κ3) is 5.23. The van der Waals surface area contributed by atoms with Gasteiger partial charge in [0.15, 0.2) is 6.10 Å². The number of ether oxygens (including phenoxy) is 2. The van der Waals surface area contributed by atoms with Crippen LogP contribution in [0.1, 0.15) is 36.2 Å². The minimum Gasteiger partial charge on any atom is -0.481 e. The molecule has 0 aliphatic heterocycles. The molecule has 0 fully saturated rings. The van der Waals surface area contributed by atoms with Gasteiger partial charge in [-0.05, 0) is 62.2 Å². The van der Waals surface area contributed by atoms with E-state index in [9.17, 15) is 9.59 Å². The van der Waals surface area contributed by atoms with E-state index in [2.05, 4.69) is 5.32 Å². The Bertz CT molecular complexity index is 791. The number of hydrogen-bond donors (Lipinski definition) is 1. The molecule has 1 atom stereocenters. The number of carbonyl (C=O) groups excluding carboxylic acids is 2. The second-order valence-corrected chi connectivity index (χ2v) is 6.12. The first-order valence-electron chi connectivity index (χ1n) is 8.45. The van der Waals surface area contributed by atoms with Gasteiger partial charge in [0.05, 0.1) is 12.2 Å². The van der Waals surface area contributed by atoms with Crippen molar-refractivity contribution in [1.82, 2.24) is 0 Å². The number of rotatable bonds is 7. The lowest BCUT2D eigenvalue weighted by Crippen LogP contribution is -2.32. The Balaban J connectivity index is 2.08. The van der Waals surface area contributed by atoms with Crippen LogP contribution in [0.15, 0.2) is 42.5 Å². The molecule has 0 radical (unpaired) electrons. The van der Waals surface area contributed by atoms with Crippen molar-refractivity contribution in [2.24, 2.45) is 0 Å². The van der Waals surface area contributed by atoms with E-state index >= 15 is 0 Å². The summed E-state index contributed by atoms with van der Waals surface area (Å²) >= 11 is 6.01. The summed E-state index contributed by atoms with van der Waals surface area (Å²) in [5, 5.41) is 3.42. The standard InChI is InChI=1S/C20H22ClNO4/c1-4-18(26-16-9-10-17(21)13(3)11-16)19(23)22-15-8-6-7-14(12-15)20(24)25-5-2/h6-12,18H,4-5H2,1-3H3,(H,22,23)/t18-/m1/s1. The lowest BCUT2D eigenvalue weighted by Gasteiger charge is -2.18. The van der Waals surface area contributed by atoms with E-state index in [1.54, 1.807) is 49.4 Å². The fourth-order valence-corrected chi connectivity index (χ4v) is 2.46. The molecule has 0 aromatic heterocycles. The first-order valence-corrected chi connectivity index (χ1v) is 8.83. The highest BCUT2D eigenvalue weighted by molar-refractivity contribution is 6.31. The van der Waals surface area contributed by atoms with Gasteiger partial charge in [-0.25, -0.2) is 4.79 Å². The van der Waals surface area contributed by atoms with Crippen molar-refractivity contribution in [3.8, 4) is 5.75 Å². The molecular formula is C20H22ClNO4. The van der Waals surface area contributed by atoms with Crippen LogP contribution in [0.5, 0.6) is 5.75 Å². The highest BCUT2D eigenvalue weighted by atomic mass is 35.5. The molecule has 2 aromatic carbocycles. The molecule has 138 valence electrons. The second-order valence-electron chi connectivity index (χ2n) is 5.72. The molecule has 26 heavy (non-hydrogen) atoms. The lowest BCUT2D eigenvalue weighted by atomic mass is 10.2. The van der Waals surface area contributed by atoms with Gasteiger partial charge in [0.25, 0.3) is 5.91 Å². The molecule has 2 rings (SSSR count). The van der Waals surface area contributed by atoms with Crippen LogP contribution in [-0.4, -0.2) is 24.6 Å². The van der Waals surface area contributed by atoms with Gasteiger partial charge >= 0.3 is 5.97 Å². The monoisotopic (exact) mass is 375 g/mol. The Morgan fingerprint density at radius 2 is 1.92 bits per heavy atom. The van der Waals surface area contributed by atoms with Gasteiger partial charge < -0.3 is 14.8 Å². The van der Waals surface area contributed by atoms with Crippen LogP contribution in [0, 0.1) is 6.92 Å². The van der Waals surface area contributed by atoms with Gasteiger partial charge in [-0.1, -0.05) is 24.6 Å². The molecule has 1 N–H and O–H groups in total. The van der Waals surface area contributed by atoms with E-state index in [-0.39, 0.29) is 5.91 Å². The first kappa shape index (κ1) is 19.8. The van der Waals surface area contributed by atoms with Crippen LogP contribution in [0.4, 0.5) is 5.69 Å². The van der Waals surface area contributed by atoms with Crippen LogP contribution in [-0.2, 0) is 9.53 Å². The fraction of sp³-hybridized carbons (Fsp3) is 0.300. The summed E-state index contributed by atoms with van der Waals surface area (Å²) in [6.07, 6.45) is -0.174. The average molecular weight is 376 g/mol. The Morgan fingerprint density at radius 3 is 2.58 bits per heavy atom. The fourth-order valence-electron chi connectivity index (χ4n) is 2.34. The van der Waals surface area contributed by atoms with E-state index in [0.29, 0.717) is 35.1 Å². The van der Waals surface area contributed by atoms with E-state index < -0.39 is 12.1 Å². The molecule has 0 aliphatic rings. The number of carbonyl (C=O) groups is 2. The summed E-state index contributed by atoms with van der Waals surface area (Å²) in [5.41, 5.74) is 1.77. The van der Waals surface area contributed by atoms with E-state index in [4.69, 9.17) is 21.1 Å². The van der Waals surface area contributed by atoms with Crippen molar-refractivity contribution in [2.45, 2.75) is 33.3 Å². The molecule has 0 saturated carbocycles. The molecular weight excluding hydrogens is 354 g/mol. The Hall–Kier alpha value is -2.53. The first-order chi connectivity index (χ1) is 12.4. The maximum absolute atomic E-state index is 12.5. The molecule has 0 bridgehead atoms. The number of hydrogen-bond acceptors (Lipinski definition) is 4. The minimum absolute atomic E-state index is 0.291. The predicted molar refractivity (Wildman–Crippen MR) is 102 cm³/mol. The molecule has 1 amide bonds. The summed E-state index contributed by atoms with van der Waals surface area (Å²) in [6, 6.07) is 11.9. The summed E-state index contributed by atoms with van der Waals surface area (Å²) in [7, 11) is 0. The zero-order valence-corrected chi connectivity index (χ0v) is 15.8. The number of anilines is 1. The maximum atomic E-state index is 12.5. The van der Waals surface area contributed by atoms with Gasteiger partial charge in [-0.3, -0.25) is 4.79 Å². The van der Waals surface area contributed by atoms with Crippen LogP contribution in [0.25, 0.3) is 0 Å². The number of amides is 1. The van der Waals surface area contributed by atoms with Gasteiger partial charge in [0, 0.05) is 10.7 Å². The predicted octanol–water partition coefficient (Wildman–Crippen LogP) is 4.62. The summed E-state index contributed by atoms with van der Waals surface area (Å²) in [4.78, 5) is 24.3. The van der Waals surface area contributed by atoms with Crippen LogP contribution in [0.2, 0.25) is 5.02 Å². The quantitative estimate of drug-likeness (QED) is 0.717. The van der Waals surface area contributed by atoms with E-state index in [1.165, 1.54) is 0 Å². The van der Waals surface area contributed by atoms with Gasteiger partial charge in [0.1, 0.15) is 5.75 Å². The van der Waals surface area contributed by atoms with E-state index in [1.807, 2.05) is 13.8 Å². The molecule has 0 saturated heterocycles. The lowest BCUT2D eigenvalue weighted by molar-refractivity contribution is -0.122. The Kier molecular flexibility index (Phi) is 7.04. The molecule has 0 aliphatic carbocycles. The van der Waals surface area contributed by atoms with Crippen molar-refractivity contribution in [3.63, 3.8) is 0 Å². The number of benzene rings is 2. The highest BCUT2D eigenvalue weighted by Gasteiger charge is 2.19. The van der Waals surface area contributed by atoms with Gasteiger partial charge in [-0.2, -0.15) is 0 Å². The molecule has 5 nitrogen and oxygen atoms in total. The highest BCUT2D eigenvalue weighted by Crippen LogP contribution is 2.23.